The molecule has 0 radical (unpaired) electrons. The Balaban J connectivity index is 1.77. The van der Waals surface area contributed by atoms with E-state index in [-0.39, 0.29) is 11.8 Å². The van der Waals surface area contributed by atoms with Crippen LogP contribution in [0.5, 0.6) is 0 Å². The number of hydrogen-bond acceptors (Lipinski definition) is 4. The number of hydrogen-bond donors (Lipinski definition) is 0. The minimum Gasteiger partial charge on any atom is -0.443 e. The highest BCUT2D eigenvalue weighted by Gasteiger charge is 2.40. The van der Waals surface area contributed by atoms with Crippen LogP contribution in [0.2, 0.25) is 0 Å². The van der Waals surface area contributed by atoms with E-state index in [2.05, 4.69) is 0 Å². The molecule has 0 saturated heterocycles. The summed E-state index contributed by atoms with van der Waals surface area (Å²) in [5.41, 5.74) is 2.02. The molecule has 0 aliphatic carbocycles. The van der Waals surface area contributed by atoms with Crippen LogP contribution < -0.4 is 9.80 Å². The molecule has 6 nitrogen and oxygen atoms in total. The second-order valence-corrected chi connectivity index (χ2v) is 7.66. The van der Waals surface area contributed by atoms with Crippen molar-refractivity contribution in [2.24, 2.45) is 0 Å². The average molecular weight is 364 g/mol. The Morgan fingerprint density at radius 2 is 1.59 bits per heavy atom. The molecule has 3 amide bonds. The number of para-hydroxylation sites is 1. The molecule has 0 bridgehead atoms. The molecule has 0 spiro atoms. The van der Waals surface area contributed by atoms with Gasteiger partial charge in [0.05, 0.1) is 22.5 Å². The third-order valence-corrected chi connectivity index (χ3v) is 4.62. The van der Waals surface area contributed by atoms with Gasteiger partial charge in [0, 0.05) is 6.54 Å². The minimum absolute atomic E-state index is 0.375. The van der Waals surface area contributed by atoms with Crippen molar-refractivity contribution in [2.45, 2.75) is 32.8 Å². The molecule has 6 heteroatoms. The number of rotatable bonds is 1. The summed E-state index contributed by atoms with van der Waals surface area (Å²) in [7, 11) is 0. The van der Waals surface area contributed by atoms with Gasteiger partial charge in [-0.2, -0.15) is 0 Å². The molecule has 2 aromatic rings. The summed E-state index contributed by atoms with van der Waals surface area (Å²) < 4.78 is 5.51. The van der Waals surface area contributed by atoms with Crippen LogP contribution in [0.3, 0.4) is 0 Å². The minimum atomic E-state index is -0.635. The zero-order valence-corrected chi connectivity index (χ0v) is 15.5. The zero-order chi connectivity index (χ0) is 19.3. The van der Waals surface area contributed by atoms with Crippen LogP contribution in [-0.2, 0) is 11.2 Å². The van der Waals surface area contributed by atoms with Crippen LogP contribution in [0.25, 0.3) is 0 Å². The first-order chi connectivity index (χ1) is 12.8. The number of carbonyl (C=O) groups excluding carboxylic acids is 3. The van der Waals surface area contributed by atoms with Crippen LogP contribution >= 0.6 is 0 Å². The van der Waals surface area contributed by atoms with Crippen molar-refractivity contribution in [3.8, 4) is 0 Å². The first kappa shape index (κ1) is 17.3. The van der Waals surface area contributed by atoms with Crippen molar-refractivity contribution >= 4 is 29.3 Å². The van der Waals surface area contributed by atoms with Crippen molar-refractivity contribution < 1.29 is 19.1 Å². The fourth-order valence-corrected chi connectivity index (χ4v) is 3.52. The van der Waals surface area contributed by atoms with Gasteiger partial charge in [-0.3, -0.25) is 14.5 Å². The van der Waals surface area contributed by atoms with Gasteiger partial charge in [-0.05, 0) is 51.0 Å². The van der Waals surface area contributed by atoms with E-state index in [1.165, 1.54) is 4.90 Å². The summed E-state index contributed by atoms with van der Waals surface area (Å²) in [5, 5.41) is 0. The van der Waals surface area contributed by atoms with Crippen LogP contribution in [0, 0.1) is 0 Å². The molecule has 4 rings (SSSR count). The molecule has 2 aliphatic rings. The Hall–Kier alpha value is -3.15. The monoisotopic (exact) mass is 364 g/mol. The van der Waals surface area contributed by atoms with Gasteiger partial charge in [0.15, 0.2) is 0 Å². The van der Waals surface area contributed by atoms with Crippen LogP contribution in [0.1, 0.15) is 47.1 Å². The standard InChI is InChI=1S/C21H20N2O4/c1-21(2,3)27-20(26)22-12-11-13-7-6-10-16(17(13)22)23-18(24)14-8-4-5-9-15(14)19(23)25/h4-10H,11-12H2,1-3H3. The summed E-state index contributed by atoms with van der Waals surface area (Å²) >= 11 is 0. The van der Waals surface area contributed by atoms with Crippen molar-refractivity contribution in [2.75, 3.05) is 16.3 Å². The molecule has 0 atom stereocenters. The lowest BCUT2D eigenvalue weighted by atomic mass is 10.1. The number of ether oxygens (including phenoxy) is 1. The van der Waals surface area contributed by atoms with Gasteiger partial charge < -0.3 is 4.74 Å². The molecule has 0 aromatic heterocycles. The highest BCUT2D eigenvalue weighted by Crippen LogP contribution is 2.41. The highest BCUT2D eigenvalue weighted by atomic mass is 16.6. The zero-order valence-electron chi connectivity index (χ0n) is 15.5. The van der Waals surface area contributed by atoms with Crippen molar-refractivity contribution in [3.63, 3.8) is 0 Å². The fraction of sp³-hybridized carbons (Fsp3) is 0.286. The smallest absolute Gasteiger partial charge is 0.414 e. The number of fused-ring (bicyclic) bond motifs is 2. The van der Waals surface area contributed by atoms with Crippen molar-refractivity contribution in [1.82, 2.24) is 0 Å². The lowest BCUT2D eigenvalue weighted by Gasteiger charge is -2.27. The summed E-state index contributed by atoms with van der Waals surface area (Å²) in [6, 6.07) is 12.2. The molecular weight excluding hydrogens is 344 g/mol. The Bertz CT molecular complexity index is 939. The second-order valence-electron chi connectivity index (χ2n) is 7.66. The van der Waals surface area contributed by atoms with Crippen molar-refractivity contribution in [3.05, 3.63) is 59.2 Å². The molecule has 0 saturated carbocycles. The predicted molar refractivity (Wildman–Crippen MR) is 101 cm³/mol. The third-order valence-electron chi connectivity index (χ3n) is 4.62. The lowest BCUT2D eigenvalue weighted by molar-refractivity contribution is 0.0583. The molecular formula is C21H20N2O4. The SMILES string of the molecule is CC(C)(C)OC(=O)N1CCc2cccc(N3C(=O)c4ccccc4C3=O)c21. The van der Waals surface area contributed by atoms with Gasteiger partial charge in [-0.15, -0.1) is 0 Å². The van der Waals surface area contributed by atoms with E-state index in [9.17, 15) is 14.4 Å². The molecule has 27 heavy (non-hydrogen) atoms. The number of benzene rings is 2. The van der Waals surface area contributed by atoms with Crippen molar-refractivity contribution in [1.29, 1.82) is 0 Å². The third kappa shape index (κ3) is 2.77. The molecule has 2 heterocycles. The Kier molecular flexibility index (Phi) is 3.80. The number of anilines is 2. The number of carbonyl (C=O) groups is 3. The second kappa shape index (κ2) is 5.94. The number of amides is 3. The average Bonchev–Trinajstić information content (AvgIpc) is 3.14. The first-order valence-electron chi connectivity index (χ1n) is 8.88. The largest absolute Gasteiger partial charge is 0.443 e. The maximum atomic E-state index is 12.9. The summed E-state index contributed by atoms with van der Waals surface area (Å²) in [5.74, 6) is -0.750. The van der Waals surface area contributed by atoms with E-state index in [0.29, 0.717) is 35.5 Å². The predicted octanol–water partition coefficient (Wildman–Crippen LogP) is 3.78. The first-order valence-corrected chi connectivity index (χ1v) is 8.88. The van der Waals surface area contributed by atoms with Crippen LogP contribution in [0.15, 0.2) is 42.5 Å². The summed E-state index contributed by atoms with van der Waals surface area (Å²) in [4.78, 5) is 41.1. The molecule has 138 valence electrons. The van der Waals surface area contributed by atoms with E-state index >= 15 is 0 Å². The maximum absolute atomic E-state index is 12.9. The van der Waals surface area contributed by atoms with Gasteiger partial charge in [0.25, 0.3) is 11.8 Å². The van der Waals surface area contributed by atoms with Gasteiger partial charge in [0.2, 0.25) is 0 Å². The molecule has 2 aliphatic heterocycles. The van der Waals surface area contributed by atoms with E-state index in [1.807, 2.05) is 6.07 Å². The van der Waals surface area contributed by atoms with Gasteiger partial charge in [-0.25, -0.2) is 9.69 Å². The van der Waals surface area contributed by atoms with Gasteiger partial charge >= 0.3 is 6.09 Å². The molecule has 0 fully saturated rings. The summed E-state index contributed by atoms with van der Waals surface area (Å²) in [6.45, 7) is 5.86. The van der Waals surface area contributed by atoms with Crippen LogP contribution in [-0.4, -0.2) is 30.1 Å². The van der Waals surface area contributed by atoms with Gasteiger partial charge in [-0.1, -0.05) is 24.3 Å². The Labute approximate surface area is 157 Å². The molecule has 0 N–H and O–H groups in total. The highest BCUT2D eigenvalue weighted by molar-refractivity contribution is 6.35. The van der Waals surface area contributed by atoms with E-state index < -0.39 is 11.7 Å². The topological polar surface area (TPSA) is 66.9 Å². The number of imide groups is 1. The summed E-state index contributed by atoms with van der Waals surface area (Å²) in [6.07, 6.45) is 0.163. The van der Waals surface area contributed by atoms with E-state index in [0.717, 1.165) is 10.5 Å². The maximum Gasteiger partial charge on any atom is 0.414 e. The normalized spacial score (nSPS) is 15.8. The number of nitrogens with zero attached hydrogens (tertiary/aromatic N) is 2. The van der Waals surface area contributed by atoms with Gasteiger partial charge in [0.1, 0.15) is 5.60 Å². The van der Waals surface area contributed by atoms with E-state index in [4.69, 9.17) is 4.74 Å². The van der Waals surface area contributed by atoms with Crippen LogP contribution in [0.4, 0.5) is 16.2 Å². The Morgan fingerprint density at radius 1 is 0.963 bits per heavy atom. The van der Waals surface area contributed by atoms with E-state index in [1.54, 1.807) is 57.2 Å². The lowest BCUT2D eigenvalue weighted by Crippen LogP contribution is -2.37. The fourth-order valence-electron chi connectivity index (χ4n) is 3.52. The molecule has 0 unspecified atom stereocenters. The quantitative estimate of drug-likeness (QED) is 0.722. The molecule has 2 aromatic carbocycles. The Morgan fingerprint density at radius 3 is 2.19 bits per heavy atom.